The molecule has 1 saturated heterocycles. The topological polar surface area (TPSA) is 53.0 Å². The van der Waals surface area contributed by atoms with E-state index in [0.717, 1.165) is 45.3 Å². The predicted octanol–water partition coefficient (Wildman–Crippen LogP) is 4.08. The molecule has 1 N–H and O–H groups in total. The number of ether oxygens (including phenoxy) is 1. The Bertz CT molecular complexity index is 760. The lowest BCUT2D eigenvalue weighted by Gasteiger charge is -2.34. The number of hydrogen-bond acceptors (Lipinski definition) is 4. The fraction of sp³-hybridized carbons (Fsp3) is 0.409. The molecule has 0 unspecified atom stereocenters. The van der Waals surface area contributed by atoms with Gasteiger partial charge in [-0.1, -0.05) is 36.4 Å². The maximum Gasteiger partial charge on any atom is 0.506 e. The molecule has 5 nitrogen and oxygen atoms in total. The lowest BCUT2D eigenvalue weighted by Crippen LogP contribution is -2.43. The van der Waals surface area contributed by atoms with Gasteiger partial charge in [0.05, 0.1) is 0 Å². The lowest BCUT2D eigenvalue weighted by atomic mass is 10.0. The molecule has 0 amide bonds. The molecule has 142 valence electrons. The lowest BCUT2D eigenvalue weighted by molar-refractivity contribution is 0.0143. The summed E-state index contributed by atoms with van der Waals surface area (Å²) in [5, 5.41) is 8.89. The van der Waals surface area contributed by atoms with E-state index in [4.69, 9.17) is 9.84 Å². The molecule has 0 saturated carbocycles. The SMILES string of the molecule is O=C(O)O[C@@H]1CCCN(CCN2c3ccccc3CCc3ccccc32)C1. The van der Waals surface area contributed by atoms with Gasteiger partial charge in [0, 0.05) is 31.0 Å². The highest BCUT2D eigenvalue weighted by molar-refractivity contribution is 5.71. The largest absolute Gasteiger partial charge is 0.506 e. The van der Waals surface area contributed by atoms with Gasteiger partial charge in [-0.3, -0.25) is 4.90 Å². The minimum Gasteiger partial charge on any atom is -0.450 e. The van der Waals surface area contributed by atoms with Crippen LogP contribution in [-0.2, 0) is 17.6 Å². The molecule has 2 aliphatic rings. The second-order valence-electron chi connectivity index (χ2n) is 7.36. The minimum absolute atomic E-state index is 0.208. The van der Waals surface area contributed by atoms with Crippen LogP contribution in [0, 0.1) is 0 Å². The predicted molar refractivity (Wildman–Crippen MR) is 106 cm³/mol. The second-order valence-corrected chi connectivity index (χ2v) is 7.36. The molecule has 1 fully saturated rings. The van der Waals surface area contributed by atoms with Crippen molar-refractivity contribution in [3.05, 3.63) is 59.7 Å². The van der Waals surface area contributed by atoms with Crippen molar-refractivity contribution in [3.63, 3.8) is 0 Å². The number of aryl methyl sites for hydroxylation is 2. The number of carbonyl (C=O) groups is 1. The van der Waals surface area contributed by atoms with Gasteiger partial charge < -0.3 is 14.7 Å². The van der Waals surface area contributed by atoms with E-state index in [1.54, 1.807) is 0 Å². The number of fused-ring (bicyclic) bond motifs is 2. The minimum atomic E-state index is -1.17. The third-order valence-electron chi connectivity index (χ3n) is 5.60. The van der Waals surface area contributed by atoms with Crippen molar-refractivity contribution >= 4 is 17.5 Å². The van der Waals surface area contributed by atoms with Crippen LogP contribution >= 0.6 is 0 Å². The van der Waals surface area contributed by atoms with E-state index in [1.165, 1.54) is 22.5 Å². The van der Waals surface area contributed by atoms with Gasteiger partial charge in [-0.2, -0.15) is 0 Å². The molecule has 0 bridgehead atoms. The smallest absolute Gasteiger partial charge is 0.450 e. The molecular formula is C22H26N2O3. The van der Waals surface area contributed by atoms with Crippen molar-refractivity contribution in [1.82, 2.24) is 4.90 Å². The molecule has 2 heterocycles. The van der Waals surface area contributed by atoms with Gasteiger partial charge in [-0.25, -0.2) is 4.79 Å². The summed E-state index contributed by atoms with van der Waals surface area (Å²) in [6.45, 7) is 3.45. The first-order chi connectivity index (χ1) is 13.2. The molecule has 2 aliphatic heterocycles. The second kappa shape index (κ2) is 8.01. The van der Waals surface area contributed by atoms with Crippen LogP contribution in [0.2, 0.25) is 0 Å². The number of rotatable bonds is 4. The van der Waals surface area contributed by atoms with Crippen molar-refractivity contribution < 1.29 is 14.6 Å². The van der Waals surface area contributed by atoms with Crippen LogP contribution in [0.3, 0.4) is 0 Å². The maximum atomic E-state index is 10.8. The summed E-state index contributed by atoms with van der Waals surface area (Å²) in [5.74, 6) is 0. The van der Waals surface area contributed by atoms with Gasteiger partial charge in [0.25, 0.3) is 0 Å². The van der Waals surface area contributed by atoms with Crippen LogP contribution < -0.4 is 4.90 Å². The molecule has 5 heteroatoms. The normalized spacial score (nSPS) is 19.7. The van der Waals surface area contributed by atoms with E-state index in [0.29, 0.717) is 6.54 Å². The van der Waals surface area contributed by atoms with Gasteiger partial charge in [0.1, 0.15) is 6.10 Å². The van der Waals surface area contributed by atoms with Crippen molar-refractivity contribution in [1.29, 1.82) is 0 Å². The van der Waals surface area contributed by atoms with Crippen molar-refractivity contribution in [2.75, 3.05) is 31.1 Å². The van der Waals surface area contributed by atoms with Crippen LogP contribution in [0.5, 0.6) is 0 Å². The van der Waals surface area contributed by atoms with Gasteiger partial charge in [-0.15, -0.1) is 0 Å². The van der Waals surface area contributed by atoms with E-state index in [2.05, 4.69) is 58.3 Å². The number of para-hydroxylation sites is 2. The summed E-state index contributed by atoms with van der Waals surface area (Å²) in [6, 6.07) is 17.3. The summed E-state index contributed by atoms with van der Waals surface area (Å²) in [6.07, 6.45) is 2.53. The average Bonchev–Trinajstić information content (AvgIpc) is 2.83. The molecule has 2 aromatic carbocycles. The summed E-state index contributed by atoms with van der Waals surface area (Å²) in [7, 11) is 0. The molecule has 0 aliphatic carbocycles. The Morgan fingerprint density at radius 2 is 1.63 bits per heavy atom. The van der Waals surface area contributed by atoms with Crippen LogP contribution in [0.4, 0.5) is 16.2 Å². The zero-order valence-corrected chi connectivity index (χ0v) is 15.5. The maximum absolute atomic E-state index is 10.8. The Balaban J connectivity index is 1.52. The van der Waals surface area contributed by atoms with Crippen molar-refractivity contribution in [2.24, 2.45) is 0 Å². The fourth-order valence-corrected chi connectivity index (χ4v) is 4.31. The van der Waals surface area contributed by atoms with E-state index in [1.807, 2.05) is 0 Å². The van der Waals surface area contributed by atoms with Crippen LogP contribution in [0.25, 0.3) is 0 Å². The van der Waals surface area contributed by atoms with Gasteiger partial charge in [-0.05, 0) is 55.5 Å². The average molecular weight is 366 g/mol. The Morgan fingerprint density at radius 3 is 2.26 bits per heavy atom. The Labute approximate surface area is 160 Å². The first-order valence-corrected chi connectivity index (χ1v) is 9.76. The zero-order valence-electron chi connectivity index (χ0n) is 15.5. The quantitative estimate of drug-likeness (QED) is 0.826. The molecule has 0 spiro atoms. The summed E-state index contributed by atoms with van der Waals surface area (Å²) >= 11 is 0. The number of benzene rings is 2. The van der Waals surface area contributed by atoms with E-state index < -0.39 is 6.16 Å². The van der Waals surface area contributed by atoms with Crippen molar-refractivity contribution in [3.8, 4) is 0 Å². The molecular weight excluding hydrogens is 340 g/mol. The fourth-order valence-electron chi connectivity index (χ4n) is 4.31. The highest BCUT2D eigenvalue weighted by Crippen LogP contribution is 2.35. The summed E-state index contributed by atoms with van der Waals surface area (Å²) < 4.78 is 5.01. The standard InChI is InChI=1S/C22H26N2O3/c25-22(26)27-19-8-5-13-23(16-19)14-15-24-20-9-3-1-6-17(20)11-12-18-7-2-4-10-21(18)24/h1-4,6-7,9-10,19H,5,8,11-16H2,(H,25,26)/t19-/m1/s1. The third kappa shape index (κ3) is 4.08. The number of carboxylic acid groups (broad SMARTS) is 1. The van der Waals surface area contributed by atoms with Gasteiger partial charge in [0.15, 0.2) is 0 Å². The third-order valence-corrected chi connectivity index (χ3v) is 5.60. The Morgan fingerprint density at radius 1 is 1.00 bits per heavy atom. The monoisotopic (exact) mass is 366 g/mol. The molecule has 1 atom stereocenters. The van der Waals surface area contributed by atoms with Crippen LogP contribution in [-0.4, -0.2) is 48.4 Å². The molecule has 4 rings (SSSR count). The van der Waals surface area contributed by atoms with E-state index >= 15 is 0 Å². The molecule has 0 aromatic heterocycles. The summed E-state index contributed by atoms with van der Waals surface area (Å²) in [4.78, 5) is 15.6. The summed E-state index contributed by atoms with van der Waals surface area (Å²) in [5.41, 5.74) is 5.36. The first-order valence-electron chi connectivity index (χ1n) is 9.76. The molecule has 27 heavy (non-hydrogen) atoms. The molecule has 2 aromatic rings. The van der Waals surface area contributed by atoms with Crippen LogP contribution in [0.15, 0.2) is 48.5 Å². The van der Waals surface area contributed by atoms with E-state index in [-0.39, 0.29) is 6.10 Å². The number of anilines is 2. The van der Waals surface area contributed by atoms with Crippen molar-refractivity contribution in [2.45, 2.75) is 31.8 Å². The molecule has 0 radical (unpaired) electrons. The number of hydrogen-bond donors (Lipinski definition) is 1. The Hall–Kier alpha value is -2.53. The first kappa shape index (κ1) is 17.9. The van der Waals surface area contributed by atoms with Gasteiger partial charge >= 0.3 is 6.16 Å². The highest BCUT2D eigenvalue weighted by Gasteiger charge is 2.25. The Kier molecular flexibility index (Phi) is 5.30. The van der Waals surface area contributed by atoms with Crippen LogP contribution in [0.1, 0.15) is 24.0 Å². The number of nitrogens with zero attached hydrogens (tertiary/aromatic N) is 2. The number of likely N-dealkylation sites (tertiary alicyclic amines) is 1. The van der Waals surface area contributed by atoms with E-state index in [9.17, 15) is 4.79 Å². The number of piperidine rings is 1. The zero-order chi connectivity index (χ0) is 18.6. The highest BCUT2D eigenvalue weighted by atomic mass is 16.7. The van der Waals surface area contributed by atoms with Gasteiger partial charge in [0.2, 0.25) is 0 Å².